The zero-order valence-electron chi connectivity index (χ0n) is 12.9. The molecule has 110 valence electrons. The van der Waals surface area contributed by atoms with Crippen molar-refractivity contribution >= 4 is 22.2 Å². The minimum Gasteiger partial charge on any atom is -0.497 e. The second-order valence-corrected chi connectivity index (χ2v) is 7.19. The maximum absolute atomic E-state index is 5.27. The number of hydrogen-bond acceptors (Lipinski definition) is 3. The van der Waals surface area contributed by atoms with Gasteiger partial charge in [0.15, 0.2) is 0 Å². The predicted octanol–water partition coefficient (Wildman–Crippen LogP) is 4.45. The van der Waals surface area contributed by atoms with Gasteiger partial charge in [0, 0.05) is 27.9 Å². The highest BCUT2D eigenvalue weighted by molar-refractivity contribution is 7.09. The van der Waals surface area contributed by atoms with Crippen molar-refractivity contribution in [2.24, 2.45) is 0 Å². The number of benzene rings is 1. The highest BCUT2D eigenvalue weighted by atomic mass is 32.1. The summed E-state index contributed by atoms with van der Waals surface area (Å²) in [7, 11) is 1.70. The fraction of sp³-hybridized carbons (Fsp3) is 0.353. The monoisotopic (exact) mass is 300 g/mol. The van der Waals surface area contributed by atoms with Gasteiger partial charge in [0.1, 0.15) is 10.8 Å². The highest BCUT2D eigenvalue weighted by Gasteiger charge is 2.17. The van der Waals surface area contributed by atoms with E-state index in [1.165, 1.54) is 16.6 Å². The van der Waals surface area contributed by atoms with E-state index in [2.05, 4.69) is 55.1 Å². The first kappa shape index (κ1) is 14.1. The summed E-state index contributed by atoms with van der Waals surface area (Å²) in [5.41, 5.74) is 2.49. The van der Waals surface area contributed by atoms with E-state index in [0.29, 0.717) is 0 Å². The summed E-state index contributed by atoms with van der Waals surface area (Å²) >= 11 is 1.73. The van der Waals surface area contributed by atoms with Gasteiger partial charge in [-0.15, -0.1) is 11.3 Å². The predicted molar refractivity (Wildman–Crippen MR) is 88.4 cm³/mol. The van der Waals surface area contributed by atoms with Crippen molar-refractivity contribution in [2.45, 2.75) is 32.7 Å². The largest absolute Gasteiger partial charge is 0.497 e. The molecular weight excluding hydrogens is 280 g/mol. The normalized spacial score (nSPS) is 12.0. The van der Waals surface area contributed by atoms with E-state index in [1.807, 2.05) is 6.07 Å². The Morgan fingerprint density at radius 1 is 1.24 bits per heavy atom. The lowest BCUT2D eigenvalue weighted by atomic mass is 9.93. The third kappa shape index (κ3) is 2.81. The number of thiazole rings is 1. The molecule has 4 heteroatoms. The molecule has 0 bridgehead atoms. The van der Waals surface area contributed by atoms with Gasteiger partial charge in [0.05, 0.1) is 19.3 Å². The van der Waals surface area contributed by atoms with Gasteiger partial charge in [-0.2, -0.15) is 0 Å². The first-order valence-corrected chi connectivity index (χ1v) is 7.93. The van der Waals surface area contributed by atoms with Gasteiger partial charge < -0.3 is 9.30 Å². The Bertz CT molecular complexity index is 765. The number of ether oxygens (including phenoxy) is 1. The average Bonchev–Trinajstić information content (AvgIpc) is 3.06. The standard InChI is InChI=1S/C17H20N2OS/c1-17(2,3)15-11-21-16(18-15)10-19-8-7-12-9-13(20-4)5-6-14(12)19/h5-9,11H,10H2,1-4H3. The molecule has 3 rings (SSSR count). The van der Waals surface area contributed by atoms with Crippen LogP contribution in [0.5, 0.6) is 5.75 Å². The fourth-order valence-corrected chi connectivity index (χ4v) is 3.34. The van der Waals surface area contributed by atoms with Crippen LogP contribution in [0.4, 0.5) is 0 Å². The summed E-state index contributed by atoms with van der Waals surface area (Å²) in [6, 6.07) is 8.29. The van der Waals surface area contributed by atoms with Crippen molar-refractivity contribution < 1.29 is 4.74 Å². The second kappa shape index (κ2) is 5.19. The first-order chi connectivity index (χ1) is 9.97. The Hall–Kier alpha value is -1.81. The molecule has 21 heavy (non-hydrogen) atoms. The number of rotatable bonds is 3. The van der Waals surface area contributed by atoms with Crippen molar-refractivity contribution in [1.82, 2.24) is 9.55 Å². The van der Waals surface area contributed by atoms with Crippen LogP contribution < -0.4 is 4.74 Å². The summed E-state index contributed by atoms with van der Waals surface area (Å²) in [5, 5.41) is 4.51. The molecule has 3 aromatic rings. The molecule has 0 amide bonds. The van der Waals surface area contributed by atoms with E-state index in [0.717, 1.165) is 17.3 Å². The Morgan fingerprint density at radius 3 is 2.71 bits per heavy atom. The van der Waals surface area contributed by atoms with Crippen LogP contribution >= 0.6 is 11.3 Å². The Labute approximate surface area is 129 Å². The van der Waals surface area contributed by atoms with Crippen molar-refractivity contribution in [3.8, 4) is 5.75 Å². The second-order valence-electron chi connectivity index (χ2n) is 6.24. The van der Waals surface area contributed by atoms with E-state index in [1.54, 1.807) is 18.4 Å². The molecule has 0 aliphatic carbocycles. The van der Waals surface area contributed by atoms with Crippen LogP contribution in [0.2, 0.25) is 0 Å². The first-order valence-electron chi connectivity index (χ1n) is 7.05. The lowest BCUT2D eigenvalue weighted by Crippen LogP contribution is -2.11. The van der Waals surface area contributed by atoms with E-state index in [9.17, 15) is 0 Å². The minimum atomic E-state index is 0.112. The molecule has 2 aromatic heterocycles. The molecule has 0 aliphatic heterocycles. The fourth-order valence-electron chi connectivity index (χ4n) is 2.32. The van der Waals surface area contributed by atoms with Crippen LogP contribution in [-0.2, 0) is 12.0 Å². The molecule has 0 spiro atoms. The van der Waals surface area contributed by atoms with Crippen molar-refractivity contribution in [1.29, 1.82) is 0 Å². The average molecular weight is 300 g/mol. The van der Waals surface area contributed by atoms with Crippen LogP contribution in [0.15, 0.2) is 35.8 Å². The molecule has 1 aromatic carbocycles. The smallest absolute Gasteiger partial charge is 0.119 e. The highest BCUT2D eigenvalue weighted by Crippen LogP contribution is 2.26. The van der Waals surface area contributed by atoms with Crippen molar-refractivity contribution in [2.75, 3.05) is 7.11 Å². The molecule has 2 heterocycles. The van der Waals surface area contributed by atoms with E-state index in [-0.39, 0.29) is 5.41 Å². The van der Waals surface area contributed by atoms with Crippen LogP contribution in [-0.4, -0.2) is 16.7 Å². The molecule has 3 nitrogen and oxygen atoms in total. The van der Waals surface area contributed by atoms with Crippen LogP contribution in [0.3, 0.4) is 0 Å². The van der Waals surface area contributed by atoms with Crippen molar-refractivity contribution in [3.05, 3.63) is 46.5 Å². The van der Waals surface area contributed by atoms with Crippen LogP contribution in [0.25, 0.3) is 10.9 Å². The lowest BCUT2D eigenvalue weighted by Gasteiger charge is -2.14. The number of fused-ring (bicyclic) bond motifs is 1. The number of methoxy groups -OCH3 is 1. The van der Waals surface area contributed by atoms with Gasteiger partial charge >= 0.3 is 0 Å². The van der Waals surface area contributed by atoms with E-state index in [4.69, 9.17) is 9.72 Å². The number of aromatic nitrogens is 2. The maximum atomic E-state index is 5.27. The molecule has 0 N–H and O–H groups in total. The SMILES string of the molecule is COc1ccc2c(ccn2Cc2nc(C(C)(C)C)cs2)c1. The van der Waals surface area contributed by atoms with Crippen molar-refractivity contribution in [3.63, 3.8) is 0 Å². The zero-order valence-corrected chi connectivity index (χ0v) is 13.7. The minimum absolute atomic E-state index is 0.112. The lowest BCUT2D eigenvalue weighted by molar-refractivity contribution is 0.415. The van der Waals surface area contributed by atoms with Crippen LogP contribution in [0.1, 0.15) is 31.5 Å². The number of nitrogens with zero attached hydrogens (tertiary/aromatic N) is 2. The molecule has 0 atom stereocenters. The molecular formula is C17H20N2OS. The zero-order chi connectivity index (χ0) is 15.0. The van der Waals surface area contributed by atoms with Gasteiger partial charge in [-0.05, 0) is 24.3 Å². The van der Waals surface area contributed by atoms with E-state index < -0.39 is 0 Å². The van der Waals surface area contributed by atoms with Gasteiger partial charge in [-0.25, -0.2) is 4.98 Å². The van der Waals surface area contributed by atoms with E-state index >= 15 is 0 Å². The van der Waals surface area contributed by atoms with Crippen LogP contribution in [0, 0.1) is 0 Å². The summed E-state index contributed by atoms with van der Waals surface area (Å²) in [6.45, 7) is 7.41. The Kier molecular flexibility index (Phi) is 3.49. The third-order valence-corrected chi connectivity index (χ3v) is 4.44. The van der Waals surface area contributed by atoms with Gasteiger partial charge in [-0.3, -0.25) is 0 Å². The third-order valence-electron chi connectivity index (χ3n) is 3.60. The van der Waals surface area contributed by atoms with Gasteiger partial charge in [-0.1, -0.05) is 20.8 Å². The van der Waals surface area contributed by atoms with Gasteiger partial charge in [0.2, 0.25) is 0 Å². The quantitative estimate of drug-likeness (QED) is 0.714. The van der Waals surface area contributed by atoms with Gasteiger partial charge in [0.25, 0.3) is 0 Å². The molecule has 0 saturated heterocycles. The summed E-state index contributed by atoms with van der Waals surface area (Å²) in [5.74, 6) is 0.893. The maximum Gasteiger partial charge on any atom is 0.119 e. The Balaban J connectivity index is 1.90. The Morgan fingerprint density at radius 2 is 2.05 bits per heavy atom. The molecule has 0 saturated carbocycles. The summed E-state index contributed by atoms with van der Waals surface area (Å²) in [4.78, 5) is 4.77. The number of hydrogen-bond donors (Lipinski definition) is 0. The summed E-state index contributed by atoms with van der Waals surface area (Å²) in [6.07, 6.45) is 2.11. The topological polar surface area (TPSA) is 27.1 Å². The molecule has 0 fully saturated rings. The molecule has 0 unspecified atom stereocenters. The molecule has 0 radical (unpaired) electrons. The summed E-state index contributed by atoms with van der Waals surface area (Å²) < 4.78 is 7.51. The molecule has 0 aliphatic rings.